The summed E-state index contributed by atoms with van der Waals surface area (Å²) >= 11 is 0. The monoisotopic (exact) mass is 289 g/mol. The lowest BCUT2D eigenvalue weighted by Crippen LogP contribution is -2.37. The van der Waals surface area contributed by atoms with Crippen LogP contribution in [-0.2, 0) is 0 Å². The Bertz CT molecular complexity index is 704. The van der Waals surface area contributed by atoms with Crippen LogP contribution in [-0.4, -0.2) is 18.1 Å². The predicted molar refractivity (Wildman–Crippen MR) is 85.7 cm³/mol. The van der Waals surface area contributed by atoms with Gasteiger partial charge in [-0.25, -0.2) is 4.79 Å². The summed E-state index contributed by atoms with van der Waals surface area (Å²) in [6, 6.07) is 4.14. The zero-order valence-corrected chi connectivity index (χ0v) is 12.9. The fourth-order valence-corrected chi connectivity index (χ4v) is 3.28. The largest absolute Gasteiger partial charge is 0.417 e. The third kappa shape index (κ3) is 2.64. The Morgan fingerprint density at radius 3 is 2.67 bits per heavy atom. The van der Waals surface area contributed by atoms with Crippen LogP contribution in [0, 0.1) is 5.41 Å². The van der Waals surface area contributed by atoms with Gasteiger partial charge in [-0.2, -0.15) is 0 Å². The summed E-state index contributed by atoms with van der Waals surface area (Å²) in [6.07, 6.45) is 4.80. The van der Waals surface area contributed by atoms with Crippen molar-refractivity contribution >= 4 is 22.5 Å². The Morgan fingerprint density at radius 2 is 2.00 bits per heavy atom. The molecule has 0 spiro atoms. The fraction of sp³-hybridized carbons (Fsp3) is 0.562. The van der Waals surface area contributed by atoms with Gasteiger partial charge in [0.25, 0.3) is 0 Å². The molecule has 0 bridgehead atoms. The number of rotatable bonds is 2. The quantitative estimate of drug-likeness (QED) is 0.833. The molecule has 114 valence electrons. The van der Waals surface area contributed by atoms with Crippen molar-refractivity contribution < 1.29 is 4.42 Å². The summed E-state index contributed by atoms with van der Waals surface area (Å²) in [5.74, 6) is -0.441. The number of aromatic nitrogens is 1. The Morgan fingerprint density at radius 1 is 1.33 bits per heavy atom. The number of benzene rings is 1. The second-order valence-corrected chi connectivity index (χ2v) is 6.93. The predicted octanol–water partition coefficient (Wildman–Crippen LogP) is 3.11. The number of fused-ring (bicyclic) bond motifs is 1. The summed E-state index contributed by atoms with van der Waals surface area (Å²) in [4.78, 5) is 16.2. The summed E-state index contributed by atoms with van der Waals surface area (Å²) < 4.78 is 5.05. The molecular weight excluding hydrogens is 266 g/mol. The van der Waals surface area contributed by atoms with Crippen LogP contribution in [0.3, 0.4) is 0 Å². The van der Waals surface area contributed by atoms with E-state index < -0.39 is 5.76 Å². The van der Waals surface area contributed by atoms with E-state index in [0.717, 1.165) is 5.69 Å². The molecule has 3 N–H and O–H groups in total. The molecule has 1 aliphatic carbocycles. The average molecular weight is 289 g/mol. The minimum absolute atomic E-state index is 0.441. The summed E-state index contributed by atoms with van der Waals surface area (Å²) in [5.41, 5.74) is 9.41. The van der Waals surface area contributed by atoms with Crippen LogP contribution in [0.5, 0.6) is 0 Å². The van der Waals surface area contributed by atoms with Crippen molar-refractivity contribution in [2.75, 3.05) is 17.7 Å². The number of nitrogens with zero attached hydrogens (tertiary/aromatic N) is 1. The first kappa shape index (κ1) is 14.0. The van der Waals surface area contributed by atoms with E-state index in [0.29, 0.717) is 28.2 Å². The van der Waals surface area contributed by atoms with Crippen molar-refractivity contribution in [3.63, 3.8) is 0 Å². The summed E-state index contributed by atoms with van der Waals surface area (Å²) in [5, 5.41) is 0. The highest BCUT2D eigenvalue weighted by Gasteiger charge is 2.29. The number of hydrogen-bond donors (Lipinski definition) is 2. The third-order valence-electron chi connectivity index (χ3n) is 4.80. The van der Waals surface area contributed by atoms with E-state index in [2.05, 4.69) is 30.8 Å². The van der Waals surface area contributed by atoms with Gasteiger partial charge in [0.2, 0.25) is 0 Å². The molecule has 0 atom stereocenters. The maximum Gasteiger partial charge on any atom is 0.417 e. The van der Waals surface area contributed by atoms with Crippen LogP contribution in [0.2, 0.25) is 0 Å². The van der Waals surface area contributed by atoms with Crippen LogP contribution in [0.1, 0.15) is 39.5 Å². The maximum absolute atomic E-state index is 11.3. The standard InChI is InChI=1S/C16H23N3O2/c1-16(2)6-4-10(5-7-16)19(3)13-9-12-14(8-11(13)17)21-15(20)18-12/h8-10H,4-7,17H2,1-3H3,(H,18,20). The molecule has 1 heterocycles. The van der Waals surface area contributed by atoms with Gasteiger partial charge in [0, 0.05) is 19.2 Å². The lowest BCUT2D eigenvalue weighted by Gasteiger charge is -2.39. The molecular formula is C16H23N3O2. The first-order valence-corrected chi connectivity index (χ1v) is 7.51. The molecule has 0 unspecified atom stereocenters. The van der Waals surface area contributed by atoms with Gasteiger partial charge < -0.3 is 15.1 Å². The van der Waals surface area contributed by atoms with Crippen LogP contribution >= 0.6 is 0 Å². The normalized spacial score (nSPS) is 19.0. The van der Waals surface area contributed by atoms with Gasteiger partial charge in [0.05, 0.1) is 16.9 Å². The topological polar surface area (TPSA) is 75.3 Å². The second kappa shape index (κ2) is 4.83. The number of H-pyrrole nitrogens is 1. The zero-order chi connectivity index (χ0) is 15.2. The van der Waals surface area contributed by atoms with Crippen LogP contribution in [0.15, 0.2) is 21.3 Å². The van der Waals surface area contributed by atoms with E-state index >= 15 is 0 Å². The highest BCUT2D eigenvalue weighted by Crippen LogP contribution is 2.39. The number of nitrogens with two attached hydrogens (primary N) is 1. The maximum atomic E-state index is 11.3. The average Bonchev–Trinajstić information content (AvgIpc) is 2.76. The fourth-order valence-electron chi connectivity index (χ4n) is 3.28. The van der Waals surface area contributed by atoms with E-state index in [1.54, 1.807) is 6.07 Å². The number of hydrogen-bond acceptors (Lipinski definition) is 4. The van der Waals surface area contributed by atoms with Crippen LogP contribution in [0.4, 0.5) is 11.4 Å². The molecule has 0 aliphatic heterocycles. The van der Waals surface area contributed by atoms with Gasteiger partial charge in [0.15, 0.2) is 5.58 Å². The molecule has 3 rings (SSSR count). The van der Waals surface area contributed by atoms with Gasteiger partial charge in [-0.15, -0.1) is 0 Å². The van der Waals surface area contributed by atoms with Crippen molar-refractivity contribution in [1.29, 1.82) is 0 Å². The van der Waals surface area contributed by atoms with E-state index in [4.69, 9.17) is 10.2 Å². The molecule has 0 saturated heterocycles. The highest BCUT2D eigenvalue weighted by atomic mass is 16.4. The minimum Gasteiger partial charge on any atom is -0.408 e. The second-order valence-electron chi connectivity index (χ2n) is 6.93. The Kier molecular flexibility index (Phi) is 3.23. The lowest BCUT2D eigenvalue weighted by atomic mass is 9.75. The van der Waals surface area contributed by atoms with Gasteiger partial charge in [0.1, 0.15) is 0 Å². The summed E-state index contributed by atoms with van der Waals surface area (Å²) in [6.45, 7) is 4.67. The van der Waals surface area contributed by atoms with Crippen molar-refractivity contribution in [1.82, 2.24) is 4.98 Å². The van der Waals surface area contributed by atoms with E-state index in [1.807, 2.05) is 6.07 Å². The molecule has 0 radical (unpaired) electrons. The number of aromatic amines is 1. The Balaban J connectivity index is 1.89. The van der Waals surface area contributed by atoms with Crippen LogP contribution < -0.4 is 16.4 Å². The molecule has 1 aromatic heterocycles. The number of nitrogen functional groups attached to an aromatic ring is 1. The molecule has 1 saturated carbocycles. The Labute approximate surface area is 124 Å². The van der Waals surface area contributed by atoms with Crippen molar-refractivity contribution in [2.45, 2.75) is 45.6 Å². The molecule has 0 amide bonds. The molecule has 5 nitrogen and oxygen atoms in total. The lowest BCUT2D eigenvalue weighted by molar-refractivity contribution is 0.222. The zero-order valence-electron chi connectivity index (χ0n) is 12.9. The van der Waals surface area contributed by atoms with Crippen molar-refractivity contribution in [2.24, 2.45) is 5.41 Å². The smallest absolute Gasteiger partial charge is 0.408 e. The minimum atomic E-state index is -0.441. The SMILES string of the molecule is CN(c1cc2[nH]c(=O)oc2cc1N)C1CCC(C)(C)CC1. The molecule has 1 aromatic carbocycles. The van der Waals surface area contributed by atoms with Gasteiger partial charge >= 0.3 is 5.76 Å². The molecule has 5 heteroatoms. The van der Waals surface area contributed by atoms with E-state index in [9.17, 15) is 4.79 Å². The van der Waals surface area contributed by atoms with Crippen LogP contribution in [0.25, 0.3) is 11.1 Å². The van der Waals surface area contributed by atoms with Crippen molar-refractivity contribution in [3.8, 4) is 0 Å². The number of nitrogens with one attached hydrogen (secondary N) is 1. The molecule has 2 aromatic rings. The third-order valence-corrected chi connectivity index (χ3v) is 4.80. The first-order valence-electron chi connectivity index (χ1n) is 7.51. The number of oxazole rings is 1. The van der Waals surface area contributed by atoms with Crippen molar-refractivity contribution in [3.05, 3.63) is 22.7 Å². The van der Waals surface area contributed by atoms with E-state index in [-0.39, 0.29) is 0 Å². The van der Waals surface area contributed by atoms with Gasteiger partial charge in [-0.05, 0) is 37.2 Å². The molecule has 1 aliphatic rings. The van der Waals surface area contributed by atoms with E-state index in [1.165, 1.54) is 25.7 Å². The molecule has 1 fully saturated rings. The van der Waals surface area contributed by atoms with Gasteiger partial charge in [-0.3, -0.25) is 4.98 Å². The first-order chi connectivity index (χ1) is 9.85. The Hall–Kier alpha value is -1.91. The summed E-state index contributed by atoms with van der Waals surface area (Å²) in [7, 11) is 2.08. The van der Waals surface area contributed by atoms with Gasteiger partial charge in [-0.1, -0.05) is 13.8 Å². The number of anilines is 2. The highest BCUT2D eigenvalue weighted by molar-refractivity contribution is 5.85. The molecule has 21 heavy (non-hydrogen) atoms.